The summed E-state index contributed by atoms with van der Waals surface area (Å²) in [5.74, 6) is -1.75. The van der Waals surface area contributed by atoms with E-state index in [1.807, 2.05) is 55.5 Å². The Labute approximate surface area is 184 Å². The van der Waals surface area contributed by atoms with Crippen molar-refractivity contribution in [2.45, 2.75) is 25.2 Å². The topological polar surface area (TPSA) is 49.4 Å². The first kappa shape index (κ1) is 20.9. The van der Waals surface area contributed by atoms with Crippen molar-refractivity contribution < 1.29 is 14.0 Å². The number of carbonyl (C=O) groups excluding carboxylic acids is 2. The normalized spacial score (nSPS) is 13.8. The van der Waals surface area contributed by atoms with Gasteiger partial charge in [0, 0.05) is 10.6 Å². The molecule has 0 saturated heterocycles. The van der Waals surface area contributed by atoms with Gasteiger partial charge < -0.3 is 5.32 Å². The summed E-state index contributed by atoms with van der Waals surface area (Å²) in [5, 5.41) is 3.10. The predicted octanol–water partition coefficient (Wildman–Crippen LogP) is 5.69. The molecule has 0 fully saturated rings. The van der Waals surface area contributed by atoms with Crippen LogP contribution in [0.4, 0.5) is 15.8 Å². The number of benzene rings is 3. The van der Waals surface area contributed by atoms with Crippen molar-refractivity contribution in [1.82, 2.24) is 0 Å². The lowest BCUT2D eigenvalue weighted by atomic mass is 10.1. The maximum atomic E-state index is 14.4. The Balaban J connectivity index is 1.74. The molecule has 31 heavy (non-hydrogen) atoms. The Kier molecular flexibility index (Phi) is 5.91. The van der Waals surface area contributed by atoms with Gasteiger partial charge in [-0.3, -0.25) is 9.59 Å². The Morgan fingerprint density at radius 1 is 0.903 bits per heavy atom. The highest BCUT2D eigenvalue weighted by Gasteiger charge is 2.41. The van der Waals surface area contributed by atoms with Gasteiger partial charge in [0.1, 0.15) is 16.4 Å². The summed E-state index contributed by atoms with van der Waals surface area (Å²) in [6.07, 6.45) is 0.899. The van der Waals surface area contributed by atoms with Gasteiger partial charge in [0.25, 0.3) is 11.8 Å². The SMILES string of the molecule is CCc1ccc(NC2=C(Sc3ccc(C)cc3)C(=O)N(c3ccccc3F)C2=O)cc1. The molecule has 2 amide bonds. The first-order valence-electron chi connectivity index (χ1n) is 9.96. The van der Waals surface area contributed by atoms with Gasteiger partial charge in [-0.2, -0.15) is 0 Å². The van der Waals surface area contributed by atoms with E-state index in [2.05, 4.69) is 12.2 Å². The van der Waals surface area contributed by atoms with Crippen LogP contribution in [0.1, 0.15) is 18.1 Å². The van der Waals surface area contributed by atoms with E-state index in [0.29, 0.717) is 5.69 Å². The van der Waals surface area contributed by atoms with Crippen molar-refractivity contribution in [3.8, 4) is 0 Å². The molecule has 0 atom stereocenters. The van der Waals surface area contributed by atoms with E-state index in [1.165, 1.54) is 30.0 Å². The van der Waals surface area contributed by atoms with Crippen molar-refractivity contribution in [2.75, 3.05) is 10.2 Å². The molecule has 3 aromatic rings. The first-order valence-corrected chi connectivity index (χ1v) is 10.8. The van der Waals surface area contributed by atoms with E-state index in [1.54, 1.807) is 6.07 Å². The van der Waals surface area contributed by atoms with Gasteiger partial charge in [-0.25, -0.2) is 9.29 Å². The lowest BCUT2D eigenvalue weighted by Crippen LogP contribution is -2.33. The number of amides is 2. The summed E-state index contributed by atoms with van der Waals surface area (Å²) >= 11 is 1.19. The fourth-order valence-electron chi connectivity index (χ4n) is 3.26. The molecular weight excluding hydrogens is 411 g/mol. The van der Waals surface area contributed by atoms with Crippen molar-refractivity contribution >= 4 is 35.0 Å². The van der Waals surface area contributed by atoms with Gasteiger partial charge in [-0.15, -0.1) is 0 Å². The quantitative estimate of drug-likeness (QED) is 0.509. The van der Waals surface area contributed by atoms with Crippen LogP contribution in [-0.2, 0) is 16.0 Å². The summed E-state index contributed by atoms with van der Waals surface area (Å²) in [6.45, 7) is 4.04. The number of anilines is 2. The second-order valence-corrected chi connectivity index (χ2v) is 8.28. The number of thioether (sulfide) groups is 1. The molecule has 4 rings (SSSR count). The van der Waals surface area contributed by atoms with Crippen LogP contribution in [0.25, 0.3) is 0 Å². The zero-order chi connectivity index (χ0) is 22.0. The van der Waals surface area contributed by atoms with Gasteiger partial charge in [-0.1, -0.05) is 60.6 Å². The highest BCUT2D eigenvalue weighted by Crippen LogP contribution is 2.38. The molecule has 1 aliphatic heterocycles. The molecule has 1 heterocycles. The van der Waals surface area contributed by atoms with Crippen LogP contribution in [-0.4, -0.2) is 11.8 Å². The average Bonchev–Trinajstić information content (AvgIpc) is 3.00. The van der Waals surface area contributed by atoms with Crippen molar-refractivity contribution in [3.05, 3.63) is 100 Å². The molecule has 0 unspecified atom stereocenters. The minimum absolute atomic E-state index is 0.0577. The molecule has 0 saturated carbocycles. The van der Waals surface area contributed by atoms with Crippen LogP contribution in [0.5, 0.6) is 0 Å². The molecular formula is C25H21FN2O2S. The number of rotatable bonds is 6. The second-order valence-electron chi connectivity index (χ2n) is 7.19. The molecule has 0 aliphatic carbocycles. The maximum absolute atomic E-state index is 14.4. The predicted molar refractivity (Wildman–Crippen MR) is 122 cm³/mol. The highest BCUT2D eigenvalue weighted by atomic mass is 32.2. The average molecular weight is 433 g/mol. The fourth-order valence-corrected chi connectivity index (χ4v) is 4.19. The number of hydrogen-bond donors (Lipinski definition) is 1. The third-order valence-corrected chi connectivity index (χ3v) is 6.10. The third kappa shape index (κ3) is 4.25. The summed E-state index contributed by atoms with van der Waals surface area (Å²) in [6, 6.07) is 21.1. The van der Waals surface area contributed by atoms with E-state index in [4.69, 9.17) is 0 Å². The molecule has 156 valence electrons. The number of imide groups is 1. The molecule has 0 radical (unpaired) electrons. The van der Waals surface area contributed by atoms with Gasteiger partial charge in [0.05, 0.1) is 5.69 Å². The fraction of sp³-hybridized carbons (Fsp3) is 0.120. The molecule has 4 nitrogen and oxygen atoms in total. The van der Waals surface area contributed by atoms with E-state index in [-0.39, 0.29) is 16.3 Å². The van der Waals surface area contributed by atoms with E-state index in [9.17, 15) is 14.0 Å². The molecule has 6 heteroatoms. The van der Waals surface area contributed by atoms with Crippen molar-refractivity contribution in [3.63, 3.8) is 0 Å². The summed E-state index contributed by atoms with van der Waals surface area (Å²) in [4.78, 5) is 28.5. The number of para-hydroxylation sites is 1. The van der Waals surface area contributed by atoms with Gasteiger partial charge in [-0.05, 0) is 55.3 Å². The standard InChI is InChI=1S/C25H21FN2O2S/c1-3-17-10-12-18(13-11-17)27-22-23(31-19-14-8-16(2)9-15-19)25(30)28(24(22)29)21-7-5-4-6-20(21)26/h4-15,27H,3H2,1-2H3. The second kappa shape index (κ2) is 8.78. The summed E-state index contributed by atoms with van der Waals surface area (Å²) in [5.41, 5.74) is 3.02. The Hall–Kier alpha value is -3.38. The summed E-state index contributed by atoms with van der Waals surface area (Å²) < 4.78 is 14.4. The zero-order valence-electron chi connectivity index (χ0n) is 17.2. The van der Waals surface area contributed by atoms with Crippen LogP contribution < -0.4 is 10.2 Å². The molecule has 3 aromatic carbocycles. The first-order chi connectivity index (χ1) is 15.0. The Morgan fingerprint density at radius 3 is 2.23 bits per heavy atom. The van der Waals surface area contributed by atoms with Crippen LogP contribution in [0.15, 0.2) is 88.3 Å². The maximum Gasteiger partial charge on any atom is 0.283 e. The van der Waals surface area contributed by atoms with Crippen LogP contribution in [0.2, 0.25) is 0 Å². The number of nitrogens with one attached hydrogen (secondary N) is 1. The lowest BCUT2D eigenvalue weighted by Gasteiger charge is -2.16. The third-order valence-electron chi connectivity index (χ3n) is 5.01. The molecule has 1 N–H and O–H groups in total. The largest absolute Gasteiger partial charge is 0.350 e. The summed E-state index contributed by atoms with van der Waals surface area (Å²) in [7, 11) is 0. The molecule has 0 bridgehead atoms. The van der Waals surface area contributed by atoms with Crippen LogP contribution >= 0.6 is 11.8 Å². The minimum atomic E-state index is -0.627. The van der Waals surface area contributed by atoms with E-state index >= 15 is 0 Å². The van der Waals surface area contributed by atoms with Crippen molar-refractivity contribution in [2.24, 2.45) is 0 Å². The van der Waals surface area contributed by atoms with Gasteiger partial charge in [0.15, 0.2) is 0 Å². The van der Waals surface area contributed by atoms with Gasteiger partial charge in [0.2, 0.25) is 0 Å². The van der Waals surface area contributed by atoms with E-state index in [0.717, 1.165) is 27.3 Å². The van der Waals surface area contributed by atoms with Crippen LogP contribution in [0, 0.1) is 12.7 Å². The molecule has 0 aromatic heterocycles. The smallest absolute Gasteiger partial charge is 0.283 e. The minimum Gasteiger partial charge on any atom is -0.350 e. The number of halogens is 1. The number of carbonyl (C=O) groups is 2. The Bertz CT molecular complexity index is 1170. The van der Waals surface area contributed by atoms with Gasteiger partial charge >= 0.3 is 0 Å². The Morgan fingerprint density at radius 2 is 1.58 bits per heavy atom. The number of nitrogens with zero attached hydrogens (tertiary/aromatic N) is 1. The van der Waals surface area contributed by atoms with Crippen molar-refractivity contribution in [1.29, 1.82) is 0 Å². The number of hydrogen-bond acceptors (Lipinski definition) is 4. The molecule has 0 spiro atoms. The zero-order valence-corrected chi connectivity index (χ0v) is 18.0. The monoisotopic (exact) mass is 432 g/mol. The van der Waals surface area contributed by atoms with Crippen LogP contribution in [0.3, 0.4) is 0 Å². The number of aryl methyl sites for hydroxylation is 2. The lowest BCUT2D eigenvalue weighted by molar-refractivity contribution is -0.120. The highest BCUT2D eigenvalue weighted by molar-refractivity contribution is 8.04. The molecule has 1 aliphatic rings. The van der Waals surface area contributed by atoms with E-state index < -0.39 is 17.6 Å².